The van der Waals surface area contributed by atoms with Crippen LogP contribution in [0.25, 0.3) is 0 Å². The molecule has 1 rings (SSSR count). The molecule has 0 spiro atoms. The van der Waals surface area contributed by atoms with Crippen molar-refractivity contribution in [1.82, 2.24) is 4.31 Å². The van der Waals surface area contributed by atoms with Crippen LogP contribution in [0.3, 0.4) is 0 Å². The maximum Gasteiger partial charge on any atom is 0.301 e. The lowest BCUT2D eigenvalue weighted by Crippen LogP contribution is -2.34. The van der Waals surface area contributed by atoms with Crippen LogP contribution in [0.2, 0.25) is 0 Å². The van der Waals surface area contributed by atoms with Crippen LogP contribution >= 0.6 is 0 Å². The highest BCUT2D eigenvalue weighted by Crippen LogP contribution is 2.17. The fourth-order valence-electron chi connectivity index (χ4n) is 1.35. The number of aryl methyl sites for hydroxylation is 1. The standard InChI is InChI=1S/C11H18FN3O2S/c1-9-4-5-11(10(12)8-9)14-18(16,17)15(2)7-3-6-13/h4-5,8,14H,3,6-7,13H2,1-2H3. The van der Waals surface area contributed by atoms with E-state index < -0.39 is 16.0 Å². The zero-order chi connectivity index (χ0) is 13.8. The molecule has 0 bridgehead atoms. The molecule has 7 heteroatoms. The van der Waals surface area contributed by atoms with E-state index >= 15 is 0 Å². The highest BCUT2D eigenvalue weighted by atomic mass is 32.2. The average molecular weight is 275 g/mol. The van der Waals surface area contributed by atoms with Gasteiger partial charge in [-0.3, -0.25) is 4.72 Å². The van der Waals surface area contributed by atoms with Gasteiger partial charge in [0.25, 0.3) is 0 Å². The van der Waals surface area contributed by atoms with Gasteiger partial charge in [-0.25, -0.2) is 4.39 Å². The summed E-state index contributed by atoms with van der Waals surface area (Å²) in [5.41, 5.74) is 5.98. The molecule has 0 atom stereocenters. The van der Waals surface area contributed by atoms with Crippen LogP contribution in [0.4, 0.5) is 10.1 Å². The third kappa shape index (κ3) is 3.94. The quantitative estimate of drug-likeness (QED) is 0.815. The van der Waals surface area contributed by atoms with Gasteiger partial charge < -0.3 is 5.73 Å². The molecule has 0 saturated heterocycles. The minimum absolute atomic E-state index is 0.0554. The number of benzene rings is 1. The summed E-state index contributed by atoms with van der Waals surface area (Å²) in [5.74, 6) is -0.592. The van der Waals surface area contributed by atoms with E-state index in [1.54, 1.807) is 13.0 Å². The van der Waals surface area contributed by atoms with E-state index in [2.05, 4.69) is 4.72 Å². The Hall–Kier alpha value is -1.18. The van der Waals surface area contributed by atoms with Gasteiger partial charge in [0.1, 0.15) is 5.82 Å². The minimum Gasteiger partial charge on any atom is -0.330 e. The molecule has 0 aromatic heterocycles. The molecule has 0 amide bonds. The van der Waals surface area contributed by atoms with Crippen molar-refractivity contribution < 1.29 is 12.8 Å². The Morgan fingerprint density at radius 2 is 2.11 bits per heavy atom. The van der Waals surface area contributed by atoms with Crippen molar-refractivity contribution in [2.75, 3.05) is 24.9 Å². The van der Waals surface area contributed by atoms with E-state index in [1.807, 2.05) is 0 Å². The maximum absolute atomic E-state index is 13.5. The third-order valence-corrected chi connectivity index (χ3v) is 3.93. The Morgan fingerprint density at radius 3 is 2.67 bits per heavy atom. The molecule has 18 heavy (non-hydrogen) atoms. The van der Waals surface area contributed by atoms with Crippen molar-refractivity contribution in [3.05, 3.63) is 29.6 Å². The first-order chi connectivity index (χ1) is 8.36. The van der Waals surface area contributed by atoms with Crippen LogP contribution in [0, 0.1) is 12.7 Å². The first kappa shape index (κ1) is 14.9. The van der Waals surface area contributed by atoms with Gasteiger partial charge in [0.15, 0.2) is 0 Å². The Labute approximate surface area is 107 Å². The summed E-state index contributed by atoms with van der Waals surface area (Å²) in [5, 5.41) is 0. The first-order valence-electron chi connectivity index (χ1n) is 5.57. The molecule has 102 valence electrons. The molecular formula is C11H18FN3O2S. The summed E-state index contributed by atoms with van der Waals surface area (Å²) in [6.45, 7) is 2.42. The zero-order valence-electron chi connectivity index (χ0n) is 10.5. The fourth-order valence-corrected chi connectivity index (χ4v) is 2.32. The number of hydrogen-bond acceptors (Lipinski definition) is 3. The van der Waals surface area contributed by atoms with Crippen molar-refractivity contribution in [3.8, 4) is 0 Å². The largest absolute Gasteiger partial charge is 0.330 e. The normalized spacial score (nSPS) is 11.8. The van der Waals surface area contributed by atoms with Gasteiger partial charge in [-0.05, 0) is 37.6 Å². The lowest BCUT2D eigenvalue weighted by Gasteiger charge is -2.18. The molecule has 0 aliphatic heterocycles. The molecule has 0 saturated carbocycles. The van der Waals surface area contributed by atoms with E-state index in [1.165, 1.54) is 19.2 Å². The van der Waals surface area contributed by atoms with Gasteiger partial charge in [-0.1, -0.05) is 6.07 Å². The lowest BCUT2D eigenvalue weighted by atomic mass is 10.2. The summed E-state index contributed by atoms with van der Waals surface area (Å²) >= 11 is 0. The van der Waals surface area contributed by atoms with Gasteiger partial charge in [-0.2, -0.15) is 12.7 Å². The van der Waals surface area contributed by atoms with Crippen molar-refractivity contribution >= 4 is 15.9 Å². The molecule has 0 fully saturated rings. The Balaban J connectivity index is 2.82. The van der Waals surface area contributed by atoms with Gasteiger partial charge >= 0.3 is 10.2 Å². The predicted octanol–water partition coefficient (Wildman–Crippen LogP) is 1.07. The predicted molar refractivity (Wildman–Crippen MR) is 70.0 cm³/mol. The number of nitrogens with two attached hydrogens (primary N) is 1. The van der Waals surface area contributed by atoms with Crippen LogP contribution in [0.1, 0.15) is 12.0 Å². The molecular weight excluding hydrogens is 257 g/mol. The maximum atomic E-state index is 13.5. The molecule has 0 aliphatic carbocycles. The summed E-state index contributed by atoms with van der Waals surface area (Å²) in [6.07, 6.45) is 0.549. The molecule has 0 radical (unpaired) electrons. The Morgan fingerprint density at radius 1 is 1.44 bits per heavy atom. The molecule has 0 aliphatic rings. The van der Waals surface area contributed by atoms with Crippen molar-refractivity contribution in [2.45, 2.75) is 13.3 Å². The van der Waals surface area contributed by atoms with E-state index in [4.69, 9.17) is 5.73 Å². The number of rotatable bonds is 6. The Kier molecular flexibility index (Phi) is 5.06. The minimum atomic E-state index is -3.73. The number of hydrogen-bond donors (Lipinski definition) is 2. The summed E-state index contributed by atoms with van der Waals surface area (Å²) < 4.78 is 40.5. The molecule has 0 heterocycles. The van der Waals surface area contributed by atoms with Crippen molar-refractivity contribution in [1.29, 1.82) is 0 Å². The van der Waals surface area contributed by atoms with Crippen molar-refractivity contribution in [2.24, 2.45) is 5.73 Å². The smallest absolute Gasteiger partial charge is 0.301 e. The van der Waals surface area contributed by atoms with E-state index in [0.29, 0.717) is 19.5 Å². The number of nitrogens with zero attached hydrogens (tertiary/aromatic N) is 1. The third-order valence-electron chi connectivity index (χ3n) is 2.45. The monoisotopic (exact) mass is 275 g/mol. The Bertz CT molecular complexity index is 505. The molecule has 3 N–H and O–H groups in total. The summed E-state index contributed by atoms with van der Waals surface area (Å²) in [4.78, 5) is 0. The topological polar surface area (TPSA) is 75.4 Å². The second kappa shape index (κ2) is 6.12. The van der Waals surface area contributed by atoms with Crippen LogP contribution in [0.15, 0.2) is 18.2 Å². The number of anilines is 1. The zero-order valence-corrected chi connectivity index (χ0v) is 11.3. The number of halogens is 1. The highest BCUT2D eigenvalue weighted by Gasteiger charge is 2.18. The second-order valence-electron chi connectivity index (χ2n) is 4.05. The van der Waals surface area contributed by atoms with Crippen LogP contribution in [0.5, 0.6) is 0 Å². The summed E-state index contributed by atoms with van der Waals surface area (Å²) in [6, 6.07) is 4.32. The molecule has 0 unspecified atom stereocenters. The molecule has 1 aromatic rings. The summed E-state index contributed by atoms with van der Waals surface area (Å²) in [7, 11) is -2.31. The van der Waals surface area contributed by atoms with Gasteiger partial charge in [0.2, 0.25) is 0 Å². The fraction of sp³-hybridized carbons (Fsp3) is 0.455. The number of nitrogens with one attached hydrogen (secondary N) is 1. The second-order valence-corrected chi connectivity index (χ2v) is 5.83. The van der Waals surface area contributed by atoms with Gasteiger partial charge in [0.05, 0.1) is 5.69 Å². The molecule has 1 aromatic carbocycles. The van der Waals surface area contributed by atoms with Crippen LogP contribution in [-0.4, -0.2) is 32.9 Å². The van der Waals surface area contributed by atoms with Crippen LogP contribution < -0.4 is 10.5 Å². The van der Waals surface area contributed by atoms with Gasteiger partial charge in [0, 0.05) is 13.6 Å². The molecule has 5 nitrogen and oxygen atoms in total. The SMILES string of the molecule is Cc1ccc(NS(=O)(=O)N(C)CCCN)c(F)c1. The highest BCUT2D eigenvalue weighted by molar-refractivity contribution is 7.90. The first-order valence-corrected chi connectivity index (χ1v) is 7.01. The van der Waals surface area contributed by atoms with Gasteiger partial charge in [-0.15, -0.1) is 0 Å². The van der Waals surface area contributed by atoms with E-state index in [0.717, 1.165) is 9.87 Å². The van der Waals surface area contributed by atoms with E-state index in [9.17, 15) is 12.8 Å². The van der Waals surface area contributed by atoms with E-state index in [-0.39, 0.29) is 5.69 Å². The van der Waals surface area contributed by atoms with Crippen LogP contribution in [-0.2, 0) is 10.2 Å². The lowest BCUT2D eigenvalue weighted by molar-refractivity contribution is 0.468. The van der Waals surface area contributed by atoms with Crippen molar-refractivity contribution in [3.63, 3.8) is 0 Å². The average Bonchev–Trinajstić information content (AvgIpc) is 2.29.